The molecule has 1 fully saturated rings. The molecule has 0 aliphatic carbocycles. The highest BCUT2D eigenvalue weighted by Gasteiger charge is 2.17. The maximum Gasteiger partial charge on any atom is 0.189 e. The number of hydrogen-bond donors (Lipinski definition) is 0. The van der Waals surface area contributed by atoms with Crippen LogP contribution in [-0.4, -0.2) is 26.6 Å². The molecule has 2 aromatic rings. The van der Waals surface area contributed by atoms with Gasteiger partial charge in [-0.25, -0.2) is 0 Å². The maximum absolute atomic E-state index is 5.57. The third kappa shape index (κ3) is 3.84. The fraction of sp³-hybridized carbons (Fsp3) is 0.333. The molecule has 1 heterocycles. The second-order valence-corrected chi connectivity index (χ2v) is 5.43. The van der Waals surface area contributed by atoms with E-state index in [1.165, 1.54) is 16.7 Å². The highest BCUT2D eigenvalue weighted by Crippen LogP contribution is 2.22. The Morgan fingerprint density at radius 3 is 2.14 bits per heavy atom. The van der Waals surface area contributed by atoms with Gasteiger partial charge in [0.1, 0.15) is 5.75 Å². The Labute approximate surface area is 125 Å². The van der Waals surface area contributed by atoms with Gasteiger partial charge in [-0.1, -0.05) is 42.0 Å². The first kappa shape index (κ1) is 14.1. The monoisotopic (exact) mass is 284 g/mol. The van der Waals surface area contributed by atoms with Gasteiger partial charge in [0.05, 0.1) is 19.8 Å². The first-order valence-electron chi connectivity index (χ1n) is 7.26. The molecule has 0 aromatic heterocycles. The molecule has 0 atom stereocenters. The van der Waals surface area contributed by atoms with Gasteiger partial charge in [-0.15, -0.1) is 0 Å². The standard InChI is InChI=1S/C18H20O3/c1-14-2-4-16(5-3-14)17-6-8-18(9-7-17)21-13-20-12-15-10-19-11-15/h2-9,15H,10-13H2,1H3. The fourth-order valence-electron chi connectivity index (χ4n) is 2.19. The second-order valence-electron chi connectivity index (χ2n) is 5.43. The Balaban J connectivity index is 1.50. The van der Waals surface area contributed by atoms with E-state index in [9.17, 15) is 0 Å². The summed E-state index contributed by atoms with van der Waals surface area (Å²) in [6, 6.07) is 16.6. The predicted octanol–water partition coefficient (Wildman–Crippen LogP) is 3.66. The molecule has 1 aliphatic rings. The minimum absolute atomic E-state index is 0.292. The van der Waals surface area contributed by atoms with E-state index in [4.69, 9.17) is 14.2 Å². The number of benzene rings is 2. The van der Waals surface area contributed by atoms with Crippen molar-refractivity contribution in [2.24, 2.45) is 5.92 Å². The number of hydrogen-bond acceptors (Lipinski definition) is 3. The smallest absolute Gasteiger partial charge is 0.189 e. The Kier molecular flexibility index (Phi) is 4.53. The zero-order valence-electron chi connectivity index (χ0n) is 12.2. The lowest BCUT2D eigenvalue weighted by Gasteiger charge is -2.25. The molecule has 3 nitrogen and oxygen atoms in total. The van der Waals surface area contributed by atoms with E-state index in [0.717, 1.165) is 19.0 Å². The maximum atomic E-state index is 5.57. The van der Waals surface area contributed by atoms with Gasteiger partial charge in [0.15, 0.2) is 6.79 Å². The molecule has 0 bridgehead atoms. The normalized spacial score (nSPS) is 14.7. The lowest BCUT2D eigenvalue weighted by molar-refractivity contribution is -0.0925. The van der Waals surface area contributed by atoms with E-state index >= 15 is 0 Å². The summed E-state index contributed by atoms with van der Waals surface area (Å²) in [4.78, 5) is 0. The molecule has 0 radical (unpaired) electrons. The molecule has 0 unspecified atom stereocenters. The van der Waals surface area contributed by atoms with Crippen molar-refractivity contribution in [1.29, 1.82) is 0 Å². The molecule has 3 heteroatoms. The van der Waals surface area contributed by atoms with E-state index < -0.39 is 0 Å². The Morgan fingerprint density at radius 1 is 0.952 bits per heavy atom. The quantitative estimate of drug-likeness (QED) is 0.598. The van der Waals surface area contributed by atoms with Gasteiger partial charge in [0, 0.05) is 5.92 Å². The molecule has 110 valence electrons. The van der Waals surface area contributed by atoms with Crippen molar-refractivity contribution in [2.75, 3.05) is 26.6 Å². The minimum atomic E-state index is 0.292. The van der Waals surface area contributed by atoms with Crippen molar-refractivity contribution in [3.8, 4) is 16.9 Å². The molecule has 0 N–H and O–H groups in total. The van der Waals surface area contributed by atoms with Gasteiger partial charge in [0.25, 0.3) is 0 Å². The van der Waals surface area contributed by atoms with Crippen molar-refractivity contribution in [3.05, 3.63) is 54.1 Å². The molecule has 21 heavy (non-hydrogen) atoms. The summed E-state index contributed by atoms with van der Waals surface area (Å²) in [5, 5.41) is 0. The summed E-state index contributed by atoms with van der Waals surface area (Å²) in [6.45, 7) is 4.72. The zero-order valence-corrected chi connectivity index (χ0v) is 12.2. The van der Waals surface area contributed by atoms with E-state index in [1.54, 1.807) is 0 Å². The van der Waals surface area contributed by atoms with Crippen molar-refractivity contribution < 1.29 is 14.2 Å². The number of rotatable bonds is 6. The van der Waals surface area contributed by atoms with Crippen LogP contribution in [0.2, 0.25) is 0 Å². The van der Waals surface area contributed by atoms with Crippen LogP contribution in [0.25, 0.3) is 11.1 Å². The van der Waals surface area contributed by atoms with Gasteiger partial charge in [-0.3, -0.25) is 0 Å². The van der Waals surface area contributed by atoms with Crippen LogP contribution >= 0.6 is 0 Å². The third-order valence-corrected chi connectivity index (χ3v) is 3.61. The van der Waals surface area contributed by atoms with Crippen LogP contribution in [0.3, 0.4) is 0 Å². The molecule has 2 aromatic carbocycles. The predicted molar refractivity (Wildman–Crippen MR) is 82.4 cm³/mol. The molecule has 3 rings (SSSR count). The second kappa shape index (κ2) is 6.74. The van der Waals surface area contributed by atoms with Gasteiger partial charge < -0.3 is 14.2 Å². The average molecular weight is 284 g/mol. The highest BCUT2D eigenvalue weighted by atomic mass is 16.7. The van der Waals surface area contributed by atoms with Gasteiger partial charge in [0.2, 0.25) is 0 Å². The Bertz CT molecular complexity index is 556. The minimum Gasteiger partial charge on any atom is -0.468 e. The molecule has 0 spiro atoms. The van der Waals surface area contributed by atoms with Crippen LogP contribution in [0, 0.1) is 12.8 Å². The first-order valence-corrected chi connectivity index (χ1v) is 7.26. The lowest BCUT2D eigenvalue weighted by atomic mass is 10.0. The van der Waals surface area contributed by atoms with Crippen LogP contribution in [0.5, 0.6) is 5.75 Å². The van der Waals surface area contributed by atoms with Gasteiger partial charge in [-0.05, 0) is 30.2 Å². The van der Waals surface area contributed by atoms with Crippen LogP contribution in [-0.2, 0) is 9.47 Å². The number of aryl methyl sites for hydroxylation is 1. The fourth-order valence-corrected chi connectivity index (χ4v) is 2.19. The summed E-state index contributed by atoms with van der Waals surface area (Å²) in [5.41, 5.74) is 3.68. The van der Waals surface area contributed by atoms with Crippen LogP contribution < -0.4 is 4.74 Å². The van der Waals surface area contributed by atoms with Crippen LogP contribution in [0.15, 0.2) is 48.5 Å². The Hall–Kier alpha value is -1.84. The summed E-state index contributed by atoms with van der Waals surface area (Å²) >= 11 is 0. The molecular formula is C18H20O3. The third-order valence-electron chi connectivity index (χ3n) is 3.61. The molecule has 1 saturated heterocycles. The molecule has 1 aliphatic heterocycles. The largest absolute Gasteiger partial charge is 0.468 e. The highest BCUT2D eigenvalue weighted by molar-refractivity contribution is 5.64. The summed E-state index contributed by atoms with van der Waals surface area (Å²) in [7, 11) is 0. The average Bonchev–Trinajstić information content (AvgIpc) is 2.47. The summed E-state index contributed by atoms with van der Waals surface area (Å²) in [6.07, 6.45) is 0. The SMILES string of the molecule is Cc1ccc(-c2ccc(OCOCC3COC3)cc2)cc1. The Morgan fingerprint density at radius 2 is 1.57 bits per heavy atom. The summed E-state index contributed by atoms with van der Waals surface area (Å²) in [5.74, 6) is 1.37. The van der Waals surface area contributed by atoms with Crippen molar-refractivity contribution in [1.82, 2.24) is 0 Å². The van der Waals surface area contributed by atoms with E-state index in [-0.39, 0.29) is 0 Å². The topological polar surface area (TPSA) is 27.7 Å². The van der Waals surface area contributed by atoms with Crippen molar-refractivity contribution in [2.45, 2.75) is 6.92 Å². The van der Waals surface area contributed by atoms with Gasteiger partial charge in [-0.2, -0.15) is 0 Å². The van der Waals surface area contributed by atoms with Gasteiger partial charge >= 0.3 is 0 Å². The zero-order chi connectivity index (χ0) is 14.5. The van der Waals surface area contributed by atoms with Crippen molar-refractivity contribution in [3.63, 3.8) is 0 Å². The van der Waals surface area contributed by atoms with E-state index in [0.29, 0.717) is 19.3 Å². The molecule has 0 saturated carbocycles. The van der Waals surface area contributed by atoms with E-state index in [1.807, 2.05) is 12.1 Å². The first-order chi connectivity index (χ1) is 10.3. The molecular weight excluding hydrogens is 264 g/mol. The number of ether oxygens (including phenoxy) is 3. The van der Waals surface area contributed by atoms with E-state index in [2.05, 4.69) is 43.3 Å². The summed E-state index contributed by atoms with van der Waals surface area (Å²) < 4.78 is 16.1. The van der Waals surface area contributed by atoms with Crippen LogP contribution in [0.4, 0.5) is 0 Å². The lowest BCUT2D eigenvalue weighted by Crippen LogP contribution is -2.32. The molecule has 0 amide bonds. The van der Waals surface area contributed by atoms with Crippen molar-refractivity contribution >= 4 is 0 Å². The van der Waals surface area contributed by atoms with Crippen LogP contribution in [0.1, 0.15) is 5.56 Å².